The Kier molecular flexibility index (Phi) is 11.3. The molecular weight excluding hydrogens is 786 g/mol. The summed E-state index contributed by atoms with van der Waals surface area (Å²) in [5.41, 5.74) is -3.28. The molecule has 0 amide bonds. The molecule has 0 spiro atoms. The zero-order valence-corrected chi connectivity index (χ0v) is 34.4. The first kappa shape index (κ1) is 42.5. The molecule has 4 saturated heterocycles. The van der Waals surface area contributed by atoms with Crippen molar-refractivity contribution in [2.24, 2.45) is 0 Å². The van der Waals surface area contributed by atoms with Gasteiger partial charge in [0, 0.05) is 54.8 Å². The number of phenols is 2. The number of rotatable bonds is 8. The van der Waals surface area contributed by atoms with Crippen LogP contribution in [0.2, 0.25) is 0 Å². The number of aliphatic hydroxyl groups is 1. The molecule has 8 rings (SSSR count). The van der Waals surface area contributed by atoms with Gasteiger partial charge in [-0.2, -0.15) is 0 Å². The number of likely N-dealkylation sites (N-methyl/N-ethyl adjacent to an activating group) is 1. The molecule has 0 bridgehead atoms. The number of fused-ring (bicyclic) bond motifs is 5. The Morgan fingerprint density at radius 1 is 0.883 bits per heavy atom. The number of carbonyl (C=O) groups excluding carboxylic acids is 5. The third-order valence-corrected chi connectivity index (χ3v) is 12.7. The molecule has 2 aromatic rings. The van der Waals surface area contributed by atoms with Gasteiger partial charge >= 0.3 is 5.97 Å². The van der Waals surface area contributed by atoms with Crippen molar-refractivity contribution < 1.29 is 77.2 Å². The minimum atomic E-state index is -2.12. The van der Waals surface area contributed by atoms with Crippen molar-refractivity contribution in [3.8, 4) is 11.5 Å². The predicted molar refractivity (Wildman–Crippen MR) is 204 cm³/mol. The molecule has 4 fully saturated rings. The summed E-state index contributed by atoms with van der Waals surface area (Å²) in [4.78, 5) is 68.4. The summed E-state index contributed by atoms with van der Waals surface area (Å²) in [6.45, 7) is 6.62. The number of hydrogen-bond donors (Lipinski definition) is 3. The number of Topliss-reactive ketones (excluding diaryl/α,β-unsaturated/α-hetero) is 2. The number of ketones is 4. The van der Waals surface area contributed by atoms with Crippen LogP contribution in [0.3, 0.4) is 0 Å². The lowest BCUT2D eigenvalue weighted by Gasteiger charge is -2.51. The summed E-state index contributed by atoms with van der Waals surface area (Å²) in [6, 6.07) is 4.93. The van der Waals surface area contributed by atoms with E-state index in [1.165, 1.54) is 31.2 Å². The van der Waals surface area contributed by atoms with E-state index >= 15 is 0 Å². The maximum atomic E-state index is 14.0. The SMILES string of the molecule is COC(=O)[C@@H]1c2cc3c(c(O)c2[C@@H](O[C@H]2C[C@H](N(C)C)[C@H](O[C@H]4C[C@@H]5O[C@@H]6CC(=O)[C@H](C)O[C@@H]6O[C@H]5[C@H](C)O4)[C@H](C)O2)C[C@@]1(O)CC(C)=O)C(=O)c1c(O)cccc1C3=O. The molecule has 0 aromatic heterocycles. The molecule has 4 heterocycles. The van der Waals surface area contributed by atoms with Crippen LogP contribution in [0.1, 0.15) is 115 Å². The number of aromatic hydroxyl groups is 2. The van der Waals surface area contributed by atoms with E-state index in [2.05, 4.69) is 0 Å². The molecule has 0 unspecified atom stereocenters. The van der Waals surface area contributed by atoms with Crippen LogP contribution in [0.25, 0.3) is 0 Å². The molecule has 17 heteroatoms. The van der Waals surface area contributed by atoms with Crippen LogP contribution < -0.4 is 0 Å². The van der Waals surface area contributed by atoms with Crippen molar-refractivity contribution >= 4 is 29.1 Å². The zero-order chi connectivity index (χ0) is 43.1. The summed E-state index contributed by atoms with van der Waals surface area (Å²) in [5.74, 6) is -5.67. The summed E-state index contributed by atoms with van der Waals surface area (Å²) >= 11 is 0. The molecule has 3 N–H and O–H groups in total. The number of ether oxygens (including phenoxy) is 8. The number of nitrogens with zero attached hydrogens (tertiary/aromatic N) is 1. The number of hydrogen-bond acceptors (Lipinski definition) is 17. The third kappa shape index (κ3) is 7.26. The van der Waals surface area contributed by atoms with E-state index in [1.807, 2.05) is 25.9 Å². The average molecular weight is 838 g/mol. The number of methoxy groups -OCH3 is 1. The van der Waals surface area contributed by atoms with E-state index in [0.717, 1.165) is 7.11 Å². The molecule has 60 heavy (non-hydrogen) atoms. The molecule has 4 aliphatic heterocycles. The van der Waals surface area contributed by atoms with Gasteiger partial charge < -0.3 is 58.1 Å². The Morgan fingerprint density at radius 3 is 2.30 bits per heavy atom. The van der Waals surface area contributed by atoms with Crippen LogP contribution in [-0.4, -0.2) is 144 Å². The van der Waals surface area contributed by atoms with E-state index in [9.17, 15) is 39.3 Å². The highest BCUT2D eigenvalue weighted by molar-refractivity contribution is 6.30. The molecule has 2 aliphatic carbocycles. The lowest BCUT2D eigenvalue weighted by atomic mass is 9.66. The molecule has 324 valence electrons. The monoisotopic (exact) mass is 837 g/mol. The maximum absolute atomic E-state index is 14.0. The Bertz CT molecular complexity index is 2100. The van der Waals surface area contributed by atoms with Gasteiger partial charge in [0.1, 0.15) is 47.6 Å². The molecule has 6 aliphatic rings. The topological polar surface area (TPSA) is 223 Å². The standard InChI is InChI=1S/C43H51NO16/c1-17(45)15-43(52)16-29(33-22(35(43)41(51)53-7)11-23-34(38(33)50)37(49)32-21(36(23)48)9-8-10-25(32)46)58-30-12-24(44(5)6)39(19(3)54-30)59-31-14-27-40(20(4)55-31)60-42-28(57-27)13-26(47)18(2)56-42/h8-11,18-20,24,27-31,35,39-40,42,46,50,52H,12-16H2,1-7H3/t18-,19-,20-,24-,27-,28+,29-,30-,31-,35-,39+,40-,42+,43-/m0/s1. The fraction of sp³-hybridized carbons (Fsp3) is 0.605. The van der Waals surface area contributed by atoms with Gasteiger partial charge in [0.15, 0.2) is 30.4 Å². The molecule has 0 saturated carbocycles. The summed E-state index contributed by atoms with van der Waals surface area (Å²) in [7, 11) is 4.84. The van der Waals surface area contributed by atoms with Gasteiger partial charge in [0.05, 0.1) is 48.3 Å². The van der Waals surface area contributed by atoms with E-state index < -0.39 is 132 Å². The van der Waals surface area contributed by atoms with Gasteiger partial charge in [-0.3, -0.25) is 24.0 Å². The summed E-state index contributed by atoms with van der Waals surface area (Å²) < 4.78 is 49.5. The fourth-order valence-electron chi connectivity index (χ4n) is 9.97. The molecule has 2 aromatic carbocycles. The highest BCUT2D eigenvalue weighted by Crippen LogP contribution is 2.54. The number of benzene rings is 2. The lowest BCUT2D eigenvalue weighted by molar-refractivity contribution is -0.371. The highest BCUT2D eigenvalue weighted by Gasteiger charge is 2.55. The predicted octanol–water partition coefficient (Wildman–Crippen LogP) is 2.74. The maximum Gasteiger partial charge on any atom is 0.316 e. The lowest BCUT2D eigenvalue weighted by Crippen LogP contribution is -2.62. The third-order valence-electron chi connectivity index (χ3n) is 12.7. The molecule has 14 atom stereocenters. The normalized spacial score (nSPS) is 37.4. The first-order chi connectivity index (χ1) is 28.4. The van der Waals surface area contributed by atoms with Crippen LogP contribution in [0.5, 0.6) is 11.5 Å². The van der Waals surface area contributed by atoms with E-state index in [-0.39, 0.29) is 52.5 Å². The van der Waals surface area contributed by atoms with Gasteiger partial charge in [-0.25, -0.2) is 0 Å². The minimum Gasteiger partial charge on any atom is -0.507 e. The Morgan fingerprint density at radius 2 is 1.60 bits per heavy atom. The van der Waals surface area contributed by atoms with Gasteiger partial charge in [-0.15, -0.1) is 0 Å². The summed E-state index contributed by atoms with van der Waals surface area (Å²) in [6.07, 6.45) is -7.58. The average Bonchev–Trinajstić information content (AvgIpc) is 3.16. The van der Waals surface area contributed by atoms with Crippen LogP contribution >= 0.6 is 0 Å². The van der Waals surface area contributed by atoms with Crippen molar-refractivity contribution in [1.82, 2.24) is 4.90 Å². The van der Waals surface area contributed by atoms with Crippen LogP contribution in [0.4, 0.5) is 0 Å². The van der Waals surface area contributed by atoms with Gasteiger partial charge in [-0.05, 0) is 59.5 Å². The van der Waals surface area contributed by atoms with Crippen LogP contribution in [-0.2, 0) is 52.3 Å². The number of carbonyl (C=O) groups is 5. The van der Waals surface area contributed by atoms with Crippen molar-refractivity contribution in [3.05, 3.63) is 57.6 Å². The van der Waals surface area contributed by atoms with Gasteiger partial charge in [-0.1, -0.05) is 12.1 Å². The fourth-order valence-corrected chi connectivity index (χ4v) is 9.97. The largest absolute Gasteiger partial charge is 0.507 e. The van der Waals surface area contributed by atoms with E-state index in [4.69, 9.17) is 37.9 Å². The molecule has 0 radical (unpaired) electrons. The van der Waals surface area contributed by atoms with E-state index in [1.54, 1.807) is 13.8 Å². The van der Waals surface area contributed by atoms with Crippen molar-refractivity contribution in [1.29, 1.82) is 0 Å². The first-order valence-corrected chi connectivity index (χ1v) is 20.3. The molecule has 17 nitrogen and oxygen atoms in total. The second-order valence-electron chi connectivity index (χ2n) is 17.1. The number of esters is 1. The van der Waals surface area contributed by atoms with Crippen molar-refractivity contribution in [3.63, 3.8) is 0 Å². The van der Waals surface area contributed by atoms with Crippen LogP contribution in [0, 0.1) is 0 Å². The second-order valence-corrected chi connectivity index (χ2v) is 17.1. The quantitative estimate of drug-likeness (QED) is 0.278. The van der Waals surface area contributed by atoms with Crippen LogP contribution in [0.15, 0.2) is 24.3 Å². The Labute approximate surface area is 346 Å². The van der Waals surface area contributed by atoms with Crippen molar-refractivity contribution in [2.75, 3.05) is 21.2 Å². The Balaban J connectivity index is 1.08. The van der Waals surface area contributed by atoms with Gasteiger partial charge in [0.2, 0.25) is 5.78 Å². The van der Waals surface area contributed by atoms with Crippen molar-refractivity contribution in [2.45, 2.75) is 145 Å². The smallest absolute Gasteiger partial charge is 0.316 e. The summed E-state index contributed by atoms with van der Waals surface area (Å²) in [5, 5.41) is 35.0. The second kappa shape index (κ2) is 15.9. The Hall–Kier alpha value is -4.17. The minimum absolute atomic E-state index is 0.0575. The van der Waals surface area contributed by atoms with E-state index in [0.29, 0.717) is 6.42 Å². The number of phenolic OH excluding ortho intramolecular Hbond substituents is 2. The van der Waals surface area contributed by atoms with Gasteiger partial charge in [0.25, 0.3) is 0 Å². The first-order valence-electron chi connectivity index (χ1n) is 20.3. The highest BCUT2D eigenvalue weighted by atomic mass is 16.8. The zero-order valence-electron chi connectivity index (χ0n) is 34.4. The molecular formula is C43H51NO16.